The fraction of sp³-hybridized carbons (Fsp3) is 0.182. The van der Waals surface area contributed by atoms with Crippen molar-refractivity contribution in [3.05, 3.63) is 94.6 Å². The van der Waals surface area contributed by atoms with E-state index < -0.39 is 0 Å². The summed E-state index contributed by atoms with van der Waals surface area (Å²) in [5, 5.41) is 2.24. The van der Waals surface area contributed by atoms with E-state index in [1.54, 1.807) is 0 Å². The molecule has 0 saturated heterocycles. The second-order valence-electron chi connectivity index (χ2n) is 5.97. The van der Waals surface area contributed by atoms with Gasteiger partial charge in [-0.15, -0.1) is 0 Å². The first kappa shape index (κ1) is 15.4. The highest BCUT2D eigenvalue weighted by molar-refractivity contribution is 5.53. The molecule has 1 aromatic carbocycles. The minimum absolute atomic E-state index is 0.398. The number of nitrogens with zero attached hydrogens (tertiary/aromatic N) is 1. The number of benzene rings is 1. The lowest BCUT2D eigenvalue weighted by Crippen LogP contribution is -2.32. The summed E-state index contributed by atoms with van der Waals surface area (Å²) < 4.78 is 0. The van der Waals surface area contributed by atoms with Crippen LogP contribution in [0.1, 0.15) is 12.8 Å². The summed E-state index contributed by atoms with van der Waals surface area (Å²) in [7, 11) is 2.19. The van der Waals surface area contributed by atoms with Crippen LogP contribution < -0.4 is 10.4 Å². The van der Waals surface area contributed by atoms with E-state index >= 15 is 0 Å². The maximum Gasteiger partial charge on any atom is 0.0507 e. The Labute approximate surface area is 138 Å². The van der Waals surface area contributed by atoms with E-state index in [0.29, 0.717) is 6.04 Å². The normalized spacial score (nSPS) is 22.5. The van der Waals surface area contributed by atoms with E-state index in [1.807, 2.05) is 6.07 Å². The van der Waals surface area contributed by atoms with Crippen LogP contribution in [-0.4, -0.2) is 18.0 Å². The minimum atomic E-state index is 0.398. The molecule has 0 aromatic heterocycles. The standard InChI is InChI=1S/C22H23N/c1-18-11-9-10-14-20(18)17-22(19-12-5-3-6-13-19)23(2)21-15-7-4-8-16-21/h3-12,14-15,17,21H,1,13,16H2,2H3/b20-17-,22-19+. The fourth-order valence-electron chi connectivity index (χ4n) is 2.98. The van der Waals surface area contributed by atoms with Gasteiger partial charge in [0.2, 0.25) is 0 Å². The van der Waals surface area contributed by atoms with E-state index in [1.165, 1.54) is 16.5 Å². The van der Waals surface area contributed by atoms with E-state index in [9.17, 15) is 0 Å². The molecule has 0 bridgehead atoms. The summed E-state index contributed by atoms with van der Waals surface area (Å²) in [5.74, 6) is 0. The molecule has 3 rings (SSSR count). The molecule has 0 N–H and O–H groups in total. The molecule has 0 fully saturated rings. The molecule has 1 heteroatoms. The molecule has 1 nitrogen and oxygen atoms in total. The summed E-state index contributed by atoms with van der Waals surface area (Å²) in [6.45, 7) is 4.16. The summed E-state index contributed by atoms with van der Waals surface area (Å²) in [4.78, 5) is 2.38. The van der Waals surface area contributed by atoms with Crippen LogP contribution in [0.15, 0.2) is 84.1 Å². The first-order valence-electron chi connectivity index (χ1n) is 8.14. The average Bonchev–Trinajstić information content (AvgIpc) is 2.62. The molecule has 23 heavy (non-hydrogen) atoms. The predicted octanol–water partition coefficient (Wildman–Crippen LogP) is 3.46. The van der Waals surface area contributed by atoms with Gasteiger partial charge in [-0.2, -0.15) is 0 Å². The number of likely N-dealkylation sites (N-methyl/N-ethyl adjacent to an activating group) is 1. The van der Waals surface area contributed by atoms with Gasteiger partial charge in [0.15, 0.2) is 0 Å². The maximum absolute atomic E-state index is 4.16. The van der Waals surface area contributed by atoms with Crippen LogP contribution in [0.25, 0.3) is 12.7 Å². The highest BCUT2D eigenvalue weighted by Crippen LogP contribution is 2.23. The van der Waals surface area contributed by atoms with Gasteiger partial charge in [-0.25, -0.2) is 0 Å². The van der Waals surface area contributed by atoms with Gasteiger partial charge >= 0.3 is 0 Å². The van der Waals surface area contributed by atoms with Gasteiger partial charge < -0.3 is 4.90 Å². The van der Waals surface area contributed by atoms with Crippen molar-refractivity contribution in [2.45, 2.75) is 18.9 Å². The molecule has 1 unspecified atom stereocenters. The second kappa shape index (κ2) is 7.15. The Hall–Kier alpha value is -2.54. The van der Waals surface area contributed by atoms with Crippen molar-refractivity contribution in [2.24, 2.45) is 0 Å². The highest BCUT2D eigenvalue weighted by atomic mass is 15.1. The molecule has 0 spiro atoms. The Morgan fingerprint density at radius 3 is 2.65 bits per heavy atom. The van der Waals surface area contributed by atoms with Gasteiger partial charge in [-0.1, -0.05) is 79.5 Å². The van der Waals surface area contributed by atoms with Gasteiger partial charge in [0.25, 0.3) is 0 Å². The summed E-state index contributed by atoms with van der Waals surface area (Å²) >= 11 is 0. The van der Waals surface area contributed by atoms with Crippen LogP contribution in [-0.2, 0) is 0 Å². The Bertz CT molecular complexity index is 818. The molecule has 2 aliphatic carbocycles. The summed E-state index contributed by atoms with van der Waals surface area (Å²) in [5.41, 5.74) is 2.62. The van der Waals surface area contributed by atoms with E-state index in [4.69, 9.17) is 0 Å². The number of hydrogen-bond acceptors (Lipinski definition) is 1. The maximum atomic E-state index is 4.16. The SMILES string of the molecule is C=c1cccc/c1=C/C(=C1/C=CC=CC1)N(C)C1C=CC=CC1. The molecule has 0 aliphatic heterocycles. The quantitative estimate of drug-likeness (QED) is 0.826. The molecule has 1 aromatic rings. The van der Waals surface area contributed by atoms with Gasteiger partial charge in [0.1, 0.15) is 0 Å². The van der Waals surface area contributed by atoms with Crippen LogP contribution in [0.4, 0.5) is 0 Å². The van der Waals surface area contributed by atoms with Crippen molar-refractivity contribution in [3.63, 3.8) is 0 Å². The summed E-state index contributed by atoms with van der Waals surface area (Å²) in [6, 6.07) is 8.70. The van der Waals surface area contributed by atoms with Gasteiger partial charge in [0.05, 0.1) is 6.04 Å². The molecule has 1 atom stereocenters. The molecular weight excluding hydrogens is 278 g/mol. The first-order chi connectivity index (χ1) is 11.3. The van der Waals surface area contributed by atoms with Crippen molar-refractivity contribution in [1.29, 1.82) is 0 Å². The average molecular weight is 301 g/mol. The predicted molar refractivity (Wildman–Crippen MR) is 100 cm³/mol. The molecular formula is C22H23N. The zero-order valence-electron chi connectivity index (χ0n) is 13.7. The van der Waals surface area contributed by atoms with E-state index in [-0.39, 0.29) is 0 Å². The zero-order valence-corrected chi connectivity index (χ0v) is 13.7. The Balaban J connectivity index is 2.07. The van der Waals surface area contributed by atoms with Crippen LogP contribution in [0.2, 0.25) is 0 Å². The first-order valence-corrected chi connectivity index (χ1v) is 8.14. The topological polar surface area (TPSA) is 3.24 Å². The minimum Gasteiger partial charge on any atom is -0.368 e. The van der Waals surface area contributed by atoms with Crippen LogP contribution >= 0.6 is 0 Å². The lowest BCUT2D eigenvalue weighted by atomic mass is 10.0. The number of hydrogen-bond donors (Lipinski definition) is 0. The molecule has 0 saturated carbocycles. The number of allylic oxidation sites excluding steroid dienone is 8. The largest absolute Gasteiger partial charge is 0.368 e. The molecule has 2 aliphatic rings. The van der Waals surface area contributed by atoms with Crippen molar-refractivity contribution in [3.8, 4) is 0 Å². The third-order valence-electron chi connectivity index (χ3n) is 4.39. The third kappa shape index (κ3) is 3.62. The van der Waals surface area contributed by atoms with Crippen molar-refractivity contribution in [1.82, 2.24) is 4.90 Å². The van der Waals surface area contributed by atoms with Crippen molar-refractivity contribution >= 4 is 12.7 Å². The number of rotatable bonds is 3. The van der Waals surface area contributed by atoms with Crippen LogP contribution in [0.5, 0.6) is 0 Å². The monoisotopic (exact) mass is 301 g/mol. The molecule has 116 valence electrons. The fourth-order valence-corrected chi connectivity index (χ4v) is 2.98. The Kier molecular flexibility index (Phi) is 4.77. The van der Waals surface area contributed by atoms with E-state index in [2.05, 4.69) is 91.4 Å². The lowest BCUT2D eigenvalue weighted by molar-refractivity contribution is 0.365. The van der Waals surface area contributed by atoms with Gasteiger partial charge in [0, 0.05) is 12.7 Å². The smallest absolute Gasteiger partial charge is 0.0507 e. The van der Waals surface area contributed by atoms with Crippen molar-refractivity contribution < 1.29 is 0 Å². The Morgan fingerprint density at radius 2 is 1.96 bits per heavy atom. The third-order valence-corrected chi connectivity index (χ3v) is 4.39. The van der Waals surface area contributed by atoms with Crippen molar-refractivity contribution in [2.75, 3.05) is 7.05 Å². The van der Waals surface area contributed by atoms with Crippen LogP contribution in [0, 0.1) is 0 Å². The summed E-state index contributed by atoms with van der Waals surface area (Å²) in [6.07, 6.45) is 21.7. The Morgan fingerprint density at radius 1 is 1.13 bits per heavy atom. The van der Waals surface area contributed by atoms with E-state index in [0.717, 1.165) is 18.1 Å². The lowest BCUT2D eigenvalue weighted by Gasteiger charge is -2.31. The zero-order chi connectivity index (χ0) is 16.1. The molecule has 0 amide bonds. The van der Waals surface area contributed by atoms with Crippen LogP contribution in [0.3, 0.4) is 0 Å². The van der Waals surface area contributed by atoms with Gasteiger partial charge in [-0.05, 0) is 34.9 Å². The highest BCUT2D eigenvalue weighted by Gasteiger charge is 2.16. The second-order valence-corrected chi connectivity index (χ2v) is 5.97. The van der Waals surface area contributed by atoms with Gasteiger partial charge in [-0.3, -0.25) is 0 Å². The molecule has 0 heterocycles. The molecule has 0 radical (unpaired) electrons.